The number of fused-ring (bicyclic) bond motifs is 2. The van der Waals surface area contributed by atoms with Crippen LogP contribution >= 0.6 is 0 Å². The quantitative estimate of drug-likeness (QED) is 0.694. The molecule has 0 saturated carbocycles. The summed E-state index contributed by atoms with van der Waals surface area (Å²) < 4.78 is 0. The van der Waals surface area contributed by atoms with Crippen molar-refractivity contribution in [2.45, 2.75) is 19.3 Å². The van der Waals surface area contributed by atoms with Crippen molar-refractivity contribution in [3.8, 4) is 11.3 Å². The Balaban J connectivity index is 1.96. The van der Waals surface area contributed by atoms with Crippen LogP contribution in [0.4, 0.5) is 5.95 Å². The highest BCUT2D eigenvalue weighted by atomic mass is 15.1. The average Bonchev–Trinajstić information content (AvgIpc) is 3.04. The van der Waals surface area contributed by atoms with Crippen molar-refractivity contribution < 1.29 is 0 Å². The zero-order valence-corrected chi connectivity index (χ0v) is 10.3. The maximum atomic E-state index is 5.76. The van der Waals surface area contributed by atoms with Gasteiger partial charge in [0.15, 0.2) is 5.65 Å². The lowest BCUT2D eigenvalue weighted by atomic mass is 10.0. The Hall–Kier alpha value is -2.43. The lowest BCUT2D eigenvalue weighted by molar-refractivity contribution is 0.912. The second kappa shape index (κ2) is 3.78. The maximum Gasteiger partial charge on any atom is 0.222 e. The topological polar surface area (TPSA) is 80.5 Å². The normalized spacial score (nSPS) is 13.9. The summed E-state index contributed by atoms with van der Waals surface area (Å²) in [5.41, 5.74) is 12.0. The number of imidazole rings is 1. The minimum atomic E-state index is 0.259. The van der Waals surface area contributed by atoms with Gasteiger partial charge in [0, 0.05) is 5.56 Å². The van der Waals surface area contributed by atoms with E-state index in [1.165, 1.54) is 24.0 Å². The maximum absolute atomic E-state index is 5.76. The number of nitrogens with two attached hydrogens (primary N) is 1. The van der Waals surface area contributed by atoms with Crippen molar-refractivity contribution in [1.82, 2.24) is 19.9 Å². The molecule has 5 heteroatoms. The van der Waals surface area contributed by atoms with Gasteiger partial charge in [0.2, 0.25) is 5.95 Å². The summed E-state index contributed by atoms with van der Waals surface area (Å²) in [6.45, 7) is 0. The van der Waals surface area contributed by atoms with Gasteiger partial charge in [-0.25, -0.2) is 9.97 Å². The number of nitrogens with zero attached hydrogens (tertiary/aromatic N) is 3. The molecular weight excluding hydrogens is 238 g/mol. The summed E-state index contributed by atoms with van der Waals surface area (Å²) in [6.07, 6.45) is 5.19. The van der Waals surface area contributed by atoms with Crippen LogP contribution < -0.4 is 5.73 Å². The fraction of sp³-hybridized carbons (Fsp3) is 0.214. The first-order valence-electron chi connectivity index (χ1n) is 6.40. The second-order valence-electron chi connectivity index (χ2n) is 4.87. The van der Waals surface area contributed by atoms with Crippen molar-refractivity contribution in [3.63, 3.8) is 0 Å². The van der Waals surface area contributed by atoms with E-state index in [0.29, 0.717) is 5.65 Å². The van der Waals surface area contributed by atoms with Crippen molar-refractivity contribution in [2.75, 3.05) is 5.73 Å². The standard InChI is InChI=1S/C14H13N5/c15-14-18-11(12-13(19-14)17-7-16-12)10-5-4-8-2-1-3-9(8)6-10/h4-7H,1-3H2,(H3,15,16,17,18,19). The number of aromatic nitrogens is 4. The second-order valence-corrected chi connectivity index (χ2v) is 4.87. The van der Waals surface area contributed by atoms with Gasteiger partial charge in [-0.2, -0.15) is 4.98 Å². The molecule has 5 nitrogen and oxygen atoms in total. The number of anilines is 1. The summed E-state index contributed by atoms with van der Waals surface area (Å²) in [7, 11) is 0. The number of aryl methyl sites for hydroxylation is 2. The molecular formula is C14H13N5. The highest BCUT2D eigenvalue weighted by Crippen LogP contribution is 2.30. The fourth-order valence-electron chi connectivity index (χ4n) is 2.78. The monoisotopic (exact) mass is 251 g/mol. The Morgan fingerprint density at radius 3 is 2.95 bits per heavy atom. The summed E-state index contributed by atoms with van der Waals surface area (Å²) in [4.78, 5) is 15.7. The first-order chi connectivity index (χ1) is 9.31. The van der Waals surface area contributed by atoms with E-state index in [4.69, 9.17) is 5.73 Å². The molecule has 0 spiro atoms. The largest absolute Gasteiger partial charge is 0.368 e. The molecule has 0 bridgehead atoms. The van der Waals surface area contributed by atoms with E-state index in [-0.39, 0.29) is 5.95 Å². The smallest absolute Gasteiger partial charge is 0.222 e. The molecule has 0 fully saturated rings. The van der Waals surface area contributed by atoms with E-state index in [0.717, 1.165) is 23.2 Å². The van der Waals surface area contributed by atoms with Crippen LogP contribution in [0, 0.1) is 0 Å². The van der Waals surface area contributed by atoms with Crippen molar-refractivity contribution in [2.24, 2.45) is 0 Å². The molecule has 0 radical (unpaired) electrons. The molecule has 1 aliphatic carbocycles. The van der Waals surface area contributed by atoms with Gasteiger partial charge in [0.1, 0.15) is 11.2 Å². The number of aromatic amines is 1. The van der Waals surface area contributed by atoms with Crippen molar-refractivity contribution >= 4 is 17.1 Å². The zero-order valence-electron chi connectivity index (χ0n) is 10.3. The minimum absolute atomic E-state index is 0.259. The highest BCUT2D eigenvalue weighted by molar-refractivity contribution is 5.88. The van der Waals surface area contributed by atoms with Gasteiger partial charge >= 0.3 is 0 Å². The third kappa shape index (κ3) is 1.58. The molecule has 3 aromatic rings. The van der Waals surface area contributed by atoms with Crippen LogP contribution in [0.5, 0.6) is 0 Å². The molecule has 3 N–H and O–H groups in total. The molecule has 4 rings (SSSR count). The first-order valence-corrected chi connectivity index (χ1v) is 6.40. The van der Waals surface area contributed by atoms with Crippen LogP contribution in [0.25, 0.3) is 22.4 Å². The van der Waals surface area contributed by atoms with Gasteiger partial charge in [-0.05, 0) is 36.5 Å². The number of rotatable bonds is 1. The van der Waals surface area contributed by atoms with Gasteiger partial charge in [0.25, 0.3) is 0 Å². The third-order valence-corrected chi connectivity index (χ3v) is 3.67. The molecule has 1 aromatic carbocycles. The summed E-state index contributed by atoms with van der Waals surface area (Å²) in [5, 5.41) is 0. The molecule has 19 heavy (non-hydrogen) atoms. The predicted octanol–water partition coefficient (Wildman–Crippen LogP) is 2.09. The SMILES string of the molecule is Nc1nc(-c2ccc3c(c2)CCC3)c2[nH]cnc2n1. The summed E-state index contributed by atoms with van der Waals surface area (Å²) in [6, 6.07) is 6.51. The number of H-pyrrole nitrogens is 1. The van der Waals surface area contributed by atoms with Crippen LogP contribution in [0.3, 0.4) is 0 Å². The lowest BCUT2D eigenvalue weighted by Crippen LogP contribution is -1.98. The van der Waals surface area contributed by atoms with E-state index in [2.05, 4.69) is 38.1 Å². The van der Waals surface area contributed by atoms with E-state index in [9.17, 15) is 0 Å². The molecule has 0 amide bonds. The number of nitrogens with one attached hydrogen (secondary N) is 1. The van der Waals surface area contributed by atoms with E-state index in [1.807, 2.05) is 0 Å². The number of benzene rings is 1. The van der Waals surface area contributed by atoms with E-state index < -0.39 is 0 Å². The Labute approximate surface area is 109 Å². The molecule has 0 aliphatic heterocycles. The predicted molar refractivity (Wildman–Crippen MR) is 73.6 cm³/mol. The molecule has 2 heterocycles. The van der Waals surface area contributed by atoms with E-state index >= 15 is 0 Å². The third-order valence-electron chi connectivity index (χ3n) is 3.67. The number of nitrogen functional groups attached to an aromatic ring is 1. The van der Waals surface area contributed by atoms with Gasteiger partial charge in [-0.15, -0.1) is 0 Å². The van der Waals surface area contributed by atoms with Crippen LogP contribution in [0.15, 0.2) is 24.5 Å². The number of hydrogen-bond donors (Lipinski definition) is 2. The van der Waals surface area contributed by atoms with Gasteiger partial charge in [-0.1, -0.05) is 12.1 Å². The van der Waals surface area contributed by atoms with Crippen LogP contribution in [-0.4, -0.2) is 19.9 Å². The van der Waals surface area contributed by atoms with Crippen LogP contribution in [-0.2, 0) is 12.8 Å². The van der Waals surface area contributed by atoms with Crippen molar-refractivity contribution in [3.05, 3.63) is 35.7 Å². The molecule has 0 saturated heterocycles. The Kier molecular flexibility index (Phi) is 2.09. The molecule has 2 aromatic heterocycles. The van der Waals surface area contributed by atoms with Gasteiger partial charge in [0.05, 0.1) is 6.33 Å². The number of hydrogen-bond acceptors (Lipinski definition) is 4. The van der Waals surface area contributed by atoms with Crippen molar-refractivity contribution in [1.29, 1.82) is 0 Å². The Bertz CT molecular complexity index is 775. The average molecular weight is 251 g/mol. The zero-order chi connectivity index (χ0) is 12.8. The van der Waals surface area contributed by atoms with Crippen LogP contribution in [0.1, 0.15) is 17.5 Å². The molecule has 0 atom stereocenters. The lowest BCUT2D eigenvalue weighted by Gasteiger charge is -2.06. The first kappa shape index (κ1) is 10.5. The minimum Gasteiger partial charge on any atom is -0.368 e. The molecule has 94 valence electrons. The highest BCUT2D eigenvalue weighted by Gasteiger charge is 2.15. The van der Waals surface area contributed by atoms with E-state index in [1.54, 1.807) is 6.33 Å². The fourth-order valence-corrected chi connectivity index (χ4v) is 2.78. The van der Waals surface area contributed by atoms with Gasteiger partial charge < -0.3 is 10.7 Å². The Morgan fingerprint density at radius 1 is 1.11 bits per heavy atom. The Morgan fingerprint density at radius 2 is 2.00 bits per heavy atom. The van der Waals surface area contributed by atoms with Crippen LogP contribution in [0.2, 0.25) is 0 Å². The summed E-state index contributed by atoms with van der Waals surface area (Å²) in [5.74, 6) is 0.259. The van der Waals surface area contributed by atoms with Gasteiger partial charge in [-0.3, -0.25) is 0 Å². The summed E-state index contributed by atoms with van der Waals surface area (Å²) >= 11 is 0. The molecule has 0 unspecified atom stereocenters. The molecule has 1 aliphatic rings.